The van der Waals surface area contributed by atoms with Crippen LogP contribution in [0.3, 0.4) is 0 Å². The number of aromatic nitrogens is 1. The predicted molar refractivity (Wildman–Crippen MR) is 76.0 cm³/mol. The lowest BCUT2D eigenvalue weighted by Crippen LogP contribution is -1.87. The summed E-state index contributed by atoms with van der Waals surface area (Å²) in [6.07, 6.45) is 4.91. The molecule has 0 N–H and O–H groups in total. The number of benzene rings is 1. The largest absolute Gasteiger partial charge is 0.399 e. The molecule has 2 rings (SSSR count). The Hall–Kier alpha value is -3.11. The van der Waals surface area contributed by atoms with Gasteiger partial charge < -0.3 is 4.84 Å². The van der Waals surface area contributed by atoms with Crippen LogP contribution in [-0.4, -0.2) is 18.3 Å². The summed E-state index contributed by atoms with van der Waals surface area (Å²) in [6.45, 7) is 0. The first kappa shape index (κ1) is 13.3. The molecule has 0 atom stereocenters. The van der Waals surface area contributed by atoms with Crippen molar-refractivity contribution in [2.24, 2.45) is 5.16 Å². The van der Waals surface area contributed by atoms with Gasteiger partial charge in [0, 0.05) is 29.1 Å². The van der Waals surface area contributed by atoms with Crippen LogP contribution in [0.25, 0.3) is 0 Å². The Bertz CT molecular complexity index is 733. The Labute approximate surface area is 117 Å². The van der Waals surface area contributed by atoms with Crippen LogP contribution in [0.5, 0.6) is 0 Å². The molecule has 1 aromatic carbocycles. The Kier molecular flexibility index (Phi) is 4.48. The van der Waals surface area contributed by atoms with Gasteiger partial charge in [0.05, 0.1) is 17.8 Å². The maximum Gasteiger partial charge on any atom is 0.106 e. The molecule has 1 heterocycles. The van der Waals surface area contributed by atoms with Crippen LogP contribution in [0.15, 0.2) is 47.9 Å². The standard InChI is InChI=1S/C16H11N3O/c1-20-19-12-16-8-15(10-18-11-16)6-5-13-3-2-4-14(7-13)9-17/h2-4,7-8,10-12H,1H3. The van der Waals surface area contributed by atoms with Crippen molar-refractivity contribution in [1.29, 1.82) is 5.26 Å². The summed E-state index contributed by atoms with van der Waals surface area (Å²) in [5.74, 6) is 6.01. The van der Waals surface area contributed by atoms with Gasteiger partial charge in [-0.2, -0.15) is 5.26 Å². The molecule has 0 aliphatic rings. The van der Waals surface area contributed by atoms with Crippen molar-refractivity contribution >= 4 is 6.21 Å². The molecule has 0 unspecified atom stereocenters. The van der Waals surface area contributed by atoms with Gasteiger partial charge in [-0.15, -0.1) is 0 Å². The second-order valence-corrected chi connectivity index (χ2v) is 3.87. The first-order chi connectivity index (χ1) is 9.81. The maximum absolute atomic E-state index is 8.83. The van der Waals surface area contributed by atoms with E-state index < -0.39 is 0 Å². The average Bonchev–Trinajstić information content (AvgIpc) is 2.51. The van der Waals surface area contributed by atoms with Crippen LogP contribution in [0.4, 0.5) is 0 Å². The quantitative estimate of drug-likeness (QED) is 0.473. The summed E-state index contributed by atoms with van der Waals surface area (Å²) in [7, 11) is 1.48. The highest BCUT2D eigenvalue weighted by molar-refractivity contribution is 5.79. The number of hydrogen-bond acceptors (Lipinski definition) is 4. The van der Waals surface area contributed by atoms with Crippen LogP contribution in [0.2, 0.25) is 0 Å². The predicted octanol–water partition coefficient (Wildman–Crippen LogP) is 2.33. The van der Waals surface area contributed by atoms with E-state index >= 15 is 0 Å². The molecule has 0 spiro atoms. The van der Waals surface area contributed by atoms with Crippen LogP contribution < -0.4 is 0 Å². The highest BCUT2D eigenvalue weighted by atomic mass is 16.6. The van der Waals surface area contributed by atoms with Gasteiger partial charge in [0.2, 0.25) is 0 Å². The van der Waals surface area contributed by atoms with Gasteiger partial charge in [-0.3, -0.25) is 4.98 Å². The minimum absolute atomic E-state index is 0.593. The first-order valence-electron chi connectivity index (χ1n) is 5.85. The van der Waals surface area contributed by atoms with Gasteiger partial charge in [0.15, 0.2) is 0 Å². The lowest BCUT2D eigenvalue weighted by atomic mass is 10.1. The average molecular weight is 261 g/mol. The Morgan fingerprint density at radius 3 is 2.75 bits per heavy atom. The topological polar surface area (TPSA) is 58.3 Å². The van der Waals surface area contributed by atoms with Gasteiger partial charge in [-0.1, -0.05) is 23.1 Å². The summed E-state index contributed by atoms with van der Waals surface area (Å²) in [5, 5.41) is 12.5. The monoisotopic (exact) mass is 261 g/mol. The maximum atomic E-state index is 8.83. The number of rotatable bonds is 2. The van der Waals surface area contributed by atoms with Gasteiger partial charge in [0.1, 0.15) is 7.11 Å². The summed E-state index contributed by atoms with van der Waals surface area (Å²) < 4.78 is 0. The molecule has 2 aromatic rings. The Balaban J connectivity index is 2.24. The fraction of sp³-hybridized carbons (Fsp3) is 0.0625. The molecule has 20 heavy (non-hydrogen) atoms. The third-order valence-corrected chi connectivity index (χ3v) is 2.41. The number of nitriles is 1. The summed E-state index contributed by atoms with van der Waals surface area (Å²) in [5.41, 5.74) is 2.97. The summed E-state index contributed by atoms with van der Waals surface area (Å²) >= 11 is 0. The first-order valence-corrected chi connectivity index (χ1v) is 5.85. The molecule has 0 saturated carbocycles. The molecule has 0 aliphatic heterocycles. The molecule has 0 fully saturated rings. The number of oxime groups is 1. The van der Waals surface area contributed by atoms with E-state index in [2.05, 4.69) is 32.9 Å². The van der Waals surface area contributed by atoms with Crippen molar-refractivity contribution in [3.63, 3.8) is 0 Å². The normalized spacial score (nSPS) is 9.60. The van der Waals surface area contributed by atoms with Gasteiger partial charge >= 0.3 is 0 Å². The van der Waals surface area contributed by atoms with E-state index in [0.717, 1.165) is 16.7 Å². The third-order valence-electron chi connectivity index (χ3n) is 2.41. The van der Waals surface area contributed by atoms with E-state index in [1.165, 1.54) is 7.11 Å². The van der Waals surface area contributed by atoms with Gasteiger partial charge in [-0.05, 0) is 24.3 Å². The van der Waals surface area contributed by atoms with E-state index in [1.54, 1.807) is 30.7 Å². The van der Waals surface area contributed by atoms with Crippen LogP contribution in [0, 0.1) is 23.2 Å². The van der Waals surface area contributed by atoms with Crippen LogP contribution in [0.1, 0.15) is 22.3 Å². The molecular weight excluding hydrogens is 250 g/mol. The van der Waals surface area contributed by atoms with E-state index in [-0.39, 0.29) is 0 Å². The molecule has 0 aliphatic carbocycles. The second kappa shape index (κ2) is 6.72. The lowest BCUT2D eigenvalue weighted by molar-refractivity contribution is 0.215. The van der Waals surface area contributed by atoms with Gasteiger partial charge in [0.25, 0.3) is 0 Å². The number of hydrogen-bond donors (Lipinski definition) is 0. The van der Waals surface area contributed by atoms with E-state index in [1.807, 2.05) is 18.2 Å². The van der Waals surface area contributed by atoms with E-state index in [4.69, 9.17) is 5.26 Å². The molecule has 0 radical (unpaired) electrons. The molecule has 0 amide bonds. The molecule has 96 valence electrons. The summed E-state index contributed by atoms with van der Waals surface area (Å²) in [4.78, 5) is 8.70. The van der Waals surface area contributed by atoms with Gasteiger partial charge in [-0.25, -0.2) is 0 Å². The van der Waals surface area contributed by atoms with Crippen molar-refractivity contribution < 1.29 is 4.84 Å². The summed E-state index contributed by atoms with van der Waals surface area (Å²) in [6, 6.07) is 11.1. The number of pyridine rings is 1. The molecule has 0 saturated heterocycles. The van der Waals surface area contributed by atoms with Crippen LogP contribution >= 0.6 is 0 Å². The zero-order chi connectivity index (χ0) is 14.2. The fourth-order valence-electron chi connectivity index (χ4n) is 1.52. The highest BCUT2D eigenvalue weighted by Crippen LogP contribution is 2.04. The van der Waals surface area contributed by atoms with Crippen molar-refractivity contribution in [3.8, 4) is 17.9 Å². The minimum atomic E-state index is 0.593. The highest BCUT2D eigenvalue weighted by Gasteiger charge is 1.93. The Morgan fingerprint density at radius 1 is 1.15 bits per heavy atom. The molecule has 4 heteroatoms. The van der Waals surface area contributed by atoms with Crippen molar-refractivity contribution in [2.45, 2.75) is 0 Å². The smallest absolute Gasteiger partial charge is 0.106 e. The molecule has 0 bridgehead atoms. The third kappa shape index (κ3) is 3.69. The van der Waals surface area contributed by atoms with Crippen LogP contribution in [-0.2, 0) is 4.84 Å². The molecule has 1 aromatic heterocycles. The molecular formula is C16H11N3O. The second-order valence-electron chi connectivity index (χ2n) is 3.87. The lowest BCUT2D eigenvalue weighted by Gasteiger charge is -1.94. The fourth-order valence-corrected chi connectivity index (χ4v) is 1.52. The van der Waals surface area contributed by atoms with Crippen molar-refractivity contribution in [2.75, 3.05) is 7.11 Å². The Morgan fingerprint density at radius 2 is 1.95 bits per heavy atom. The molecule has 4 nitrogen and oxygen atoms in total. The number of nitrogens with zero attached hydrogens (tertiary/aromatic N) is 3. The van der Waals surface area contributed by atoms with E-state index in [9.17, 15) is 0 Å². The SMILES string of the molecule is CON=Cc1cncc(C#Cc2cccc(C#N)c2)c1. The van der Waals surface area contributed by atoms with Crippen molar-refractivity contribution in [3.05, 3.63) is 65.0 Å². The minimum Gasteiger partial charge on any atom is -0.399 e. The zero-order valence-electron chi connectivity index (χ0n) is 10.9. The zero-order valence-corrected chi connectivity index (χ0v) is 10.9. The van der Waals surface area contributed by atoms with E-state index in [0.29, 0.717) is 5.56 Å². The van der Waals surface area contributed by atoms with Crippen molar-refractivity contribution in [1.82, 2.24) is 4.98 Å².